The summed E-state index contributed by atoms with van der Waals surface area (Å²) in [5, 5.41) is 10.7. The minimum atomic E-state index is 0.943. The number of nitrogens with one attached hydrogen (secondary N) is 1. The lowest BCUT2D eigenvalue weighted by molar-refractivity contribution is 1.10. The number of rotatable bonds is 0. The number of H-pyrrole nitrogens is 1. The molecular weight excluding hydrogens is 240 g/mol. The van der Waals surface area contributed by atoms with Crippen molar-refractivity contribution in [3.8, 4) is 0 Å². The fraction of sp³-hybridized carbons (Fsp3) is 0. The highest BCUT2D eigenvalue weighted by Crippen LogP contribution is 2.27. The van der Waals surface area contributed by atoms with Crippen LogP contribution in [-0.4, -0.2) is 10.2 Å². The van der Waals surface area contributed by atoms with Crippen LogP contribution in [0.3, 0.4) is 0 Å². The van der Waals surface area contributed by atoms with Gasteiger partial charge < -0.3 is 0 Å². The Kier molecular flexibility index (Phi) is 1.61. The van der Waals surface area contributed by atoms with Crippen LogP contribution in [0.5, 0.6) is 0 Å². The van der Waals surface area contributed by atoms with E-state index in [0.29, 0.717) is 0 Å². The van der Waals surface area contributed by atoms with Crippen LogP contribution in [0.4, 0.5) is 0 Å². The van der Waals surface area contributed by atoms with Crippen LogP contribution in [0.1, 0.15) is 0 Å². The highest BCUT2D eigenvalue weighted by molar-refractivity contribution is 9.10. The summed E-state index contributed by atoms with van der Waals surface area (Å²) in [5.41, 5.74) is 1.02. The van der Waals surface area contributed by atoms with E-state index in [0.717, 1.165) is 15.5 Å². The van der Waals surface area contributed by atoms with E-state index in [1.165, 1.54) is 10.8 Å². The maximum absolute atomic E-state index is 4.27. The summed E-state index contributed by atoms with van der Waals surface area (Å²) in [7, 11) is 0. The number of benzene rings is 2. The third kappa shape index (κ3) is 0.990. The van der Waals surface area contributed by atoms with Crippen LogP contribution in [0.15, 0.2) is 41.0 Å². The molecule has 68 valence electrons. The van der Waals surface area contributed by atoms with Gasteiger partial charge in [-0.1, -0.05) is 30.3 Å². The summed E-state index contributed by atoms with van der Waals surface area (Å²) in [6, 6.07) is 12.4. The Bertz CT molecular complexity index is 613. The van der Waals surface area contributed by atoms with E-state index < -0.39 is 0 Å². The van der Waals surface area contributed by atoms with Crippen molar-refractivity contribution in [2.24, 2.45) is 0 Å². The Hall–Kier alpha value is -1.35. The molecule has 14 heavy (non-hydrogen) atoms. The highest BCUT2D eigenvalue weighted by atomic mass is 79.9. The number of nitrogens with zero attached hydrogens (tertiary/aromatic N) is 1. The molecule has 1 N–H and O–H groups in total. The molecule has 0 unspecified atom stereocenters. The molecule has 0 saturated heterocycles. The number of aromatic nitrogens is 2. The van der Waals surface area contributed by atoms with Crippen LogP contribution in [0.25, 0.3) is 21.7 Å². The molecule has 0 saturated carbocycles. The molecule has 0 aliphatic carbocycles. The molecule has 3 heteroatoms. The second kappa shape index (κ2) is 2.82. The summed E-state index contributed by atoms with van der Waals surface area (Å²) in [5.74, 6) is 0. The Balaban J connectivity index is 2.61. The largest absolute Gasteiger partial charge is 0.270 e. The topological polar surface area (TPSA) is 28.7 Å². The molecule has 0 aliphatic heterocycles. The van der Waals surface area contributed by atoms with Crippen LogP contribution < -0.4 is 0 Å². The zero-order valence-electron chi connectivity index (χ0n) is 7.29. The van der Waals surface area contributed by atoms with E-state index in [-0.39, 0.29) is 0 Å². The maximum Gasteiger partial charge on any atom is 0.108 e. The second-order valence-corrected chi connectivity index (χ2v) is 4.01. The van der Waals surface area contributed by atoms with Crippen molar-refractivity contribution in [3.05, 3.63) is 41.0 Å². The van der Waals surface area contributed by atoms with Gasteiger partial charge in [0.2, 0.25) is 0 Å². The molecule has 2 nitrogen and oxygen atoms in total. The van der Waals surface area contributed by atoms with Gasteiger partial charge in [-0.05, 0) is 27.4 Å². The van der Waals surface area contributed by atoms with Crippen molar-refractivity contribution in [1.82, 2.24) is 10.2 Å². The van der Waals surface area contributed by atoms with Gasteiger partial charge in [0.05, 0.1) is 0 Å². The van der Waals surface area contributed by atoms with Crippen LogP contribution in [-0.2, 0) is 0 Å². The molecule has 0 fully saturated rings. The lowest BCUT2D eigenvalue weighted by Gasteiger charge is -1.96. The molecule has 2 aromatic carbocycles. The van der Waals surface area contributed by atoms with E-state index >= 15 is 0 Å². The summed E-state index contributed by atoms with van der Waals surface area (Å²) < 4.78 is 0.943. The van der Waals surface area contributed by atoms with Gasteiger partial charge in [0.25, 0.3) is 0 Å². The van der Waals surface area contributed by atoms with E-state index in [2.05, 4.69) is 50.4 Å². The molecule has 3 aromatic rings. The van der Waals surface area contributed by atoms with E-state index in [1.807, 2.05) is 12.1 Å². The van der Waals surface area contributed by atoms with Gasteiger partial charge in [-0.2, -0.15) is 5.10 Å². The predicted molar refractivity (Wildman–Crippen MR) is 61.3 cm³/mol. The van der Waals surface area contributed by atoms with Crippen molar-refractivity contribution in [2.75, 3.05) is 0 Å². The van der Waals surface area contributed by atoms with Crippen molar-refractivity contribution >= 4 is 37.6 Å². The highest BCUT2D eigenvalue weighted by Gasteiger charge is 2.05. The summed E-state index contributed by atoms with van der Waals surface area (Å²) in [4.78, 5) is 0. The third-order valence-corrected chi connectivity index (χ3v) is 3.01. The Labute approximate surface area is 89.1 Å². The number of halogens is 1. The monoisotopic (exact) mass is 246 g/mol. The van der Waals surface area contributed by atoms with Gasteiger partial charge in [0.15, 0.2) is 0 Å². The zero-order valence-corrected chi connectivity index (χ0v) is 8.88. The van der Waals surface area contributed by atoms with Gasteiger partial charge in [0, 0.05) is 10.8 Å². The zero-order chi connectivity index (χ0) is 9.54. The first-order chi connectivity index (χ1) is 6.86. The molecule has 1 heterocycles. The number of fused-ring (bicyclic) bond motifs is 3. The first-order valence-electron chi connectivity index (χ1n) is 4.37. The average molecular weight is 247 g/mol. The van der Waals surface area contributed by atoms with E-state index in [9.17, 15) is 0 Å². The first-order valence-corrected chi connectivity index (χ1v) is 5.17. The molecule has 1 aromatic heterocycles. The lowest BCUT2D eigenvalue weighted by atomic mass is 10.1. The van der Waals surface area contributed by atoms with Crippen molar-refractivity contribution < 1.29 is 0 Å². The van der Waals surface area contributed by atoms with Gasteiger partial charge in [-0.15, -0.1) is 0 Å². The van der Waals surface area contributed by atoms with Crippen molar-refractivity contribution in [2.45, 2.75) is 0 Å². The molecule has 0 bridgehead atoms. The van der Waals surface area contributed by atoms with Crippen LogP contribution in [0, 0.1) is 0 Å². The lowest BCUT2D eigenvalue weighted by Crippen LogP contribution is -1.74. The SMILES string of the molecule is Brc1[nH]nc2c1ccc1ccccc12. The Morgan fingerprint density at radius 1 is 1.00 bits per heavy atom. The third-order valence-electron chi connectivity index (χ3n) is 2.40. The van der Waals surface area contributed by atoms with E-state index in [1.54, 1.807) is 0 Å². The van der Waals surface area contributed by atoms with Crippen LogP contribution in [0.2, 0.25) is 0 Å². The predicted octanol–water partition coefficient (Wildman–Crippen LogP) is 3.48. The van der Waals surface area contributed by atoms with E-state index in [4.69, 9.17) is 0 Å². The number of hydrogen-bond donors (Lipinski definition) is 1. The molecule has 0 radical (unpaired) electrons. The average Bonchev–Trinajstić information content (AvgIpc) is 2.61. The number of hydrogen-bond acceptors (Lipinski definition) is 1. The standard InChI is InChI=1S/C11H7BrN2/c12-11-9-6-5-7-3-1-2-4-8(7)10(9)13-14-11/h1-6H,(H,13,14). The number of aromatic amines is 1. The first kappa shape index (κ1) is 8.00. The van der Waals surface area contributed by atoms with Crippen LogP contribution >= 0.6 is 15.9 Å². The maximum atomic E-state index is 4.27. The Morgan fingerprint density at radius 3 is 2.79 bits per heavy atom. The van der Waals surface area contributed by atoms with Gasteiger partial charge >= 0.3 is 0 Å². The molecular formula is C11H7BrN2. The fourth-order valence-corrected chi connectivity index (χ4v) is 2.13. The molecule has 0 spiro atoms. The Morgan fingerprint density at radius 2 is 1.86 bits per heavy atom. The van der Waals surface area contributed by atoms with Gasteiger partial charge in [-0.3, -0.25) is 5.10 Å². The molecule has 3 rings (SSSR count). The summed E-state index contributed by atoms with van der Waals surface area (Å²) in [6.45, 7) is 0. The van der Waals surface area contributed by atoms with Crippen molar-refractivity contribution in [1.29, 1.82) is 0 Å². The van der Waals surface area contributed by atoms with Gasteiger partial charge in [0.1, 0.15) is 10.1 Å². The molecule has 0 amide bonds. The molecule has 0 aliphatic rings. The minimum absolute atomic E-state index is 0.943. The quantitative estimate of drug-likeness (QED) is 0.647. The van der Waals surface area contributed by atoms with Crippen molar-refractivity contribution in [3.63, 3.8) is 0 Å². The molecule has 0 atom stereocenters. The van der Waals surface area contributed by atoms with Gasteiger partial charge in [-0.25, -0.2) is 0 Å². The second-order valence-electron chi connectivity index (χ2n) is 3.22. The summed E-state index contributed by atoms with van der Waals surface area (Å²) in [6.07, 6.45) is 0. The fourth-order valence-electron chi connectivity index (χ4n) is 1.72. The normalized spacial score (nSPS) is 11.2. The summed E-state index contributed by atoms with van der Waals surface area (Å²) >= 11 is 3.43. The minimum Gasteiger partial charge on any atom is -0.270 e. The smallest absolute Gasteiger partial charge is 0.108 e.